The van der Waals surface area contributed by atoms with E-state index >= 15 is 0 Å². The molecule has 0 fully saturated rings. The van der Waals surface area contributed by atoms with Crippen LogP contribution in [0.5, 0.6) is 0 Å². The molecule has 2 rings (SSSR count). The van der Waals surface area contributed by atoms with Crippen molar-refractivity contribution >= 4 is 23.4 Å². The highest BCUT2D eigenvalue weighted by Gasteiger charge is 2.20. The molecule has 0 spiro atoms. The number of halogens is 2. The molecular weight excluding hydrogens is 324 g/mol. The molecule has 0 aliphatic rings. The van der Waals surface area contributed by atoms with E-state index < -0.39 is 17.5 Å². The van der Waals surface area contributed by atoms with Crippen molar-refractivity contribution in [3.05, 3.63) is 41.5 Å². The molecule has 0 aliphatic heterocycles. The zero-order chi connectivity index (χ0) is 17.0. The predicted molar refractivity (Wildman–Crippen MR) is 84.1 cm³/mol. The summed E-state index contributed by atoms with van der Waals surface area (Å²) < 4.78 is 31.3. The number of anilines is 1. The first-order chi connectivity index (χ1) is 10.8. The van der Waals surface area contributed by atoms with Crippen molar-refractivity contribution in [3.8, 4) is 0 Å². The number of thioether (sulfide) groups is 1. The Morgan fingerprint density at radius 2 is 2.09 bits per heavy atom. The summed E-state index contributed by atoms with van der Waals surface area (Å²) in [4.78, 5) is 16.0. The Morgan fingerprint density at radius 1 is 1.35 bits per heavy atom. The largest absolute Gasteiger partial charge is 0.338 e. The van der Waals surface area contributed by atoms with Gasteiger partial charge in [0, 0.05) is 11.5 Å². The summed E-state index contributed by atoms with van der Waals surface area (Å²) in [6.45, 7) is 5.92. The SMILES string of the molecule is CC(C)(C)c1noc(CSCC(=O)Nc2ccc(F)cc2F)n1. The number of nitrogens with zero attached hydrogens (tertiary/aromatic N) is 2. The summed E-state index contributed by atoms with van der Waals surface area (Å²) in [5.41, 5.74) is -0.256. The Balaban J connectivity index is 1.82. The summed E-state index contributed by atoms with van der Waals surface area (Å²) in [7, 11) is 0. The van der Waals surface area contributed by atoms with Gasteiger partial charge in [0.25, 0.3) is 0 Å². The van der Waals surface area contributed by atoms with Crippen LogP contribution in [0.3, 0.4) is 0 Å². The number of benzene rings is 1. The zero-order valence-electron chi connectivity index (χ0n) is 13.0. The van der Waals surface area contributed by atoms with Crippen molar-refractivity contribution in [2.45, 2.75) is 31.9 Å². The highest BCUT2D eigenvalue weighted by atomic mass is 32.2. The molecule has 1 N–H and O–H groups in total. The molecule has 0 bridgehead atoms. The Morgan fingerprint density at radius 3 is 2.70 bits per heavy atom. The monoisotopic (exact) mass is 341 g/mol. The van der Waals surface area contributed by atoms with Crippen LogP contribution >= 0.6 is 11.8 Å². The predicted octanol–water partition coefficient (Wildman–Crippen LogP) is 3.52. The summed E-state index contributed by atoms with van der Waals surface area (Å²) in [5.74, 6) is -0.398. The molecule has 0 saturated carbocycles. The standard InChI is InChI=1S/C15H17F2N3O2S/c1-15(2,3)14-19-13(22-20-14)8-23-7-12(21)18-11-5-4-9(16)6-10(11)17/h4-6H,7-8H2,1-3H3,(H,18,21). The fourth-order valence-corrected chi connectivity index (χ4v) is 2.28. The minimum absolute atomic E-state index is 0.0511. The molecule has 2 aromatic rings. The maximum absolute atomic E-state index is 13.4. The molecule has 23 heavy (non-hydrogen) atoms. The summed E-state index contributed by atoms with van der Waals surface area (Å²) in [6, 6.07) is 2.98. The summed E-state index contributed by atoms with van der Waals surface area (Å²) >= 11 is 1.26. The normalized spacial score (nSPS) is 11.5. The highest BCUT2D eigenvalue weighted by molar-refractivity contribution is 7.99. The van der Waals surface area contributed by atoms with E-state index in [4.69, 9.17) is 4.52 Å². The topological polar surface area (TPSA) is 68.0 Å². The van der Waals surface area contributed by atoms with E-state index in [1.165, 1.54) is 17.8 Å². The molecule has 0 radical (unpaired) electrons. The number of carbonyl (C=O) groups excluding carboxylic acids is 1. The van der Waals surface area contributed by atoms with Crippen LogP contribution in [-0.4, -0.2) is 21.8 Å². The van der Waals surface area contributed by atoms with Crippen LogP contribution in [-0.2, 0) is 16.0 Å². The van der Waals surface area contributed by atoms with E-state index in [2.05, 4.69) is 15.5 Å². The van der Waals surface area contributed by atoms with Gasteiger partial charge in [0.15, 0.2) is 5.82 Å². The minimum Gasteiger partial charge on any atom is -0.338 e. The molecule has 5 nitrogen and oxygen atoms in total. The van der Waals surface area contributed by atoms with Gasteiger partial charge < -0.3 is 9.84 Å². The van der Waals surface area contributed by atoms with E-state index in [0.717, 1.165) is 12.1 Å². The average Bonchev–Trinajstić information content (AvgIpc) is 2.91. The smallest absolute Gasteiger partial charge is 0.236 e. The van der Waals surface area contributed by atoms with Gasteiger partial charge in [0.1, 0.15) is 11.6 Å². The lowest BCUT2D eigenvalue weighted by Gasteiger charge is -2.10. The number of carbonyl (C=O) groups is 1. The van der Waals surface area contributed by atoms with Crippen LogP contribution in [0.4, 0.5) is 14.5 Å². The van der Waals surface area contributed by atoms with Crippen molar-refractivity contribution in [1.82, 2.24) is 10.1 Å². The number of hydrogen-bond donors (Lipinski definition) is 1. The van der Waals surface area contributed by atoms with Gasteiger partial charge in [-0.3, -0.25) is 4.79 Å². The quantitative estimate of drug-likeness (QED) is 0.901. The molecule has 0 unspecified atom stereocenters. The Hall–Kier alpha value is -1.96. The molecular formula is C15H17F2N3O2S. The summed E-state index contributed by atoms with van der Waals surface area (Å²) in [5, 5.41) is 6.27. The molecule has 124 valence electrons. The van der Waals surface area contributed by atoms with Gasteiger partial charge in [0.05, 0.1) is 17.2 Å². The van der Waals surface area contributed by atoms with Crippen LogP contribution in [0, 0.1) is 11.6 Å². The van der Waals surface area contributed by atoms with Gasteiger partial charge in [-0.05, 0) is 12.1 Å². The first kappa shape index (κ1) is 17.4. The van der Waals surface area contributed by atoms with Crippen molar-refractivity contribution < 1.29 is 18.1 Å². The fourth-order valence-electron chi connectivity index (χ4n) is 1.63. The van der Waals surface area contributed by atoms with Gasteiger partial charge in [-0.15, -0.1) is 11.8 Å². The lowest BCUT2D eigenvalue weighted by atomic mass is 9.96. The fraction of sp³-hybridized carbons (Fsp3) is 0.400. The van der Waals surface area contributed by atoms with Crippen LogP contribution in [0.1, 0.15) is 32.5 Å². The number of nitrogens with one attached hydrogen (secondary N) is 1. The molecule has 0 aliphatic carbocycles. The van der Waals surface area contributed by atoms with Gasteiger partial charge >= 0.3 is 0 Å². The van der Waals surface area contributed by atoms with E-state index in [-0.39, 0.29) is 16.9 Å². The van der Waals surface area contributed by atoms with Gasteiger partial charge in [-0.1, -0.05) is 25.9 Å². The van der Waals surface area contributed by atoms with Crippen LogP contribution in [0.25, 0.3) is 0 Å². The molecule has 0 atom stereocenters. The third-order valence-corrected chi connectivity index (χ3v) is 3.72. The van der Waals surface area contributed by atoms with Crippen molar-refractivity contribution in [2.24, 2.45) is 0 Å². The Labute approximate surface area is 136 Å². The summed E-state index contributed by atoms with van der Waals surface area (Å²) in [6.07, 6.45) is 0. The van der Waals surface area contributed by atoms with E-state index in [1.807, 2.05) is 20.8 Å². The number of rotatable bonds is 5. The average molecular weight is 341 g/mol. The van der Waals surface area contributed by atoms with Crippen LogP contribution < -0.4 is 5.32 Å². The van der Waals surface area contributed by atoms with Crippen LogP contribution in [0.15, 0.2) is 22.7 Å². The van der Waals surface area contributed by atoms with Crippen molar-refractivity contribution in [1.29, 1.82) is 0 Å². The van der Waals surface area contributed by atoms with E-state index in [1.54, 1.807) is 0 Å². The Kier molecular flexibility index (Phi) is 5.35. The maximum atomic E-state index is 13.4. The second kappa shape index (κ2) is 7.08. The lowest BCUT2D eigenvalue weighted by molar-refractivity contribution is -0.113. The molecule has 8 heteroatoms. The third kappa shape index (κ3) is 5.02. The molecule has 1 heterocycles. The molecule has 1 aromatic heterocycles. The number of hydrogen-bond acceptors (Lipinski definition) is 5. The first-order valence-electron chi connectivity index (χ1n) is 6.91. The molecule has 1 aromatic carbocycles. The molecule has 1 amide bonds. The van der Waals surface area contributed by atoms with Gasteiger partial charge in [0.2, 0.25) is 11.8 Å². The van der Waals surface area contributed by atoms with Crippen molar-refractivity contribution in [2.75, 3.05) is 11.1 Å². The van der Waals surface area contributed by atoms with Gasteiger partial charge in [-0.2, -0.15) is 4.98 Å². The number of aromatic nitrogens is 2. The maximum Gasteiger partial charge on any atom is 0.236 e. The minimum atomic E-state index is -0.810. The van der Waals surface area contributed by atoms with E-state index in [9.17, 15) is 13.6 Å². The highest BCUT2D eigenvalue weighted by Crippen LogP contribution is 2.20. The van der Waals surface area contributed by atoms with Gasteiger partial charge in [-0.25, -0.2) is 8.78 Å². The first-order valence-corrected chi connectivity index (χ1v) is 8.07. The zero-order valence-corrected chi connectivity index (χ0v) is 13.8. The second-order valence-electron chi connectivity index (χ2n) is 5.93. The second-order valence-corrected chi connectivity index (χ2v) is 6.91. The Bertz CT molecular complexity index is 698. The van der Waals surface area contributed by atoms with E-state index in [0.29, 0.717) is 17.5 Å². The third-order valence-electron chi connectivity index (χ3n) is 2.80. The molecule has 0 saturated heterocycles. The van der Waals surface area contributed by atoms with Crippen molar-refractivity contribution in [3.63, 3.8) is 0 Å². The number of amides is 1. The van der Waals surface area contributed by atoms with Crippen LogP contribution in [0.2, 0.25) is 0 Å². The lowest BCUT2D eigenvalue weighted by Crippen LogP contribution is -2.15.